The van der Waals surface area contributed by atoms with Gasteiger partial charge in [-0.15, -0.1) is 0 Å². The molecule has 1 N–H and O–H groups in total. The maximum Gasteiger partial charge on any atom is 0.232 e. The second-order valence-corrected chi connectivity index (χ2v) is 10.1. The molecule has 0 saturated carbocycles. The van der Waals surface area contributed by atoms with Crippen molar-refractivity contribution in [1.29, 1.82) is 0 Å². The van der Waals surface area contributed by atoms with E-state index >= 15 is 0 Å². The van der Waals surface area contributed by atoms with Crippen LogP contribution in [0.5, 0.6) is 0 Å². The Bertz CT molecular complexity index is 979. The van der Waals surface area contributed by atoms with Crippen molar-refractivity contribution in [2.24, 2.45) is 0 Å². The fraction of sp³-hybridized carbons (Fsp3) is 0.458. The molecule has 0 spiro atoms. The topological polar surface area (TPSA) is 66.5 Å². The normalized spacial score (nSPS) is 12.5. The molecule has 30 heavy (non-hydrogen) atoms. The summed E-state index contributed by atoms with van der Waals surface area (Å²) in [5.41, 5.74) is 6.20. The molecule has 1 amide bonds. The number of carbonyl (C=O) groups excluding carboxylic acids is 1. The van der Waals surface area contributed by atoms with Crippen LogP contribution < -0.4 is 9.62 Å². The SMILES string of the molecule is CC[C@@H](NC(=O)CCCN(c1cc(C)cc(C)c1)S(C)(=O)=O)c1ccc(C)c(C)c1. The lowest BCUT2D eigenvalue weighted by Gasteiger charge is -2.24. The van der Waals surface area contributed by atoms with Crippen LogP contribution in [0.3, 0.4) is 0 Å². The Hall–Kier alpha value is -2.34. The highest BCUT2D eigenvalue weighted by Crippen LogP contribution is 2.23. The molecule has 0 aliphatic heterocycles. The van der Waals surface area contributed by atoms with E-state index in [0.717, 1.165) is 23.1 Å². The predicted molar refractivity (Wildman–Crippen MR) is 124 cm³/mol. The van der Waals surface area contributed by atoms with Crippen molar-refractivity contribution < 1.29 is 13.2 Å². The van der Waals surface area contributed by atoms with Gasteiger partial charge in [-0.2, -0.15) is 0 Å². The van der Waals surface area contributed by atoms with Crippen LogP contribution in [-0.2, 0) is 14.8 Å². The van der Waals surface area contributed by atoms with Crippen LogP contribution >= 0.6 is 0 Å². The largest absolute Gasteiger partial charge is 0.349 e. The predicted octanol–water partition coefficient (Wildman–Crippen LogP) is 4.73. The minimum Gasteiger partial charge on any atom is -0.349 e. The van der Waals surface area contributed by atoms with Gasteiger partial charge in [0.15, 0.2) is 0 Å². The van der Waals surface area contributed by atoms with Crippen molar-refractivity contribution in [2.45, 2.75) is 59.9 Å². The average molecular weight is 431 g/mol. The first-order valence-electron chi connectivity index (χ1n) is 10.4. The van der Waals surface area contributed by atoms with Crippen LogP contribution in [0.2, 0.25) is 0 Å². The van der Waals surface area contributed by atoms with E-state index in [4.69, 9.17) is 0 Å². The highest BCUT2D eigenvalue weighted by Gasteiger charge is 2.19. The van der Waals surface area contributed by atoms with Gasteiger partial charge in [0.25, 0.3) is 0 Å². The third kappa shape index (κ3) is 6.59. The first-order chi connectivity index (χ1) is 14.0. The Morgan fingerprint density at radius 2 is 1.63 bits per heavy atom. The molecule has 0 heterocycles. The molecule has 0 fully saturated rings. The zero-order valence-corrected chi connectivity index (χ0v) is 19.8. The monoisotopic (exact) mass is 430 g/mol. The van der Waals surface area contributed by atoms with Crippen LogP contribution in [0.1, 0.15) is 60.0 Å². The van der Waals surface area contributed by atoms with Crippen molar-refractivity contribution >= 4 is 21.6 Å². The van der Waals surface area contributed by atoms with Gasteiger partial charge in [-0.3, -0.25) is 9.10 Å². The Morgan fingerprint density at radius 3 is 2.17 bits per heavy atom. The number of aryl methyl sites for hydroxylation is 4. The number of anilines is 1. The van der Waals surface area contributed by atoms with Crippen LogP contribution in [-0.4, -0.2) is 27.1 Å². The molecule has 0 aliphatic rings. The number of sulfonamides is 1. The molecule has 0 radical (unpaired) electrons. The second kappa shape index (κ2) is 10.1. The number of amides is 1. The van der Waals surface area contributed by atoms with Crippen molar-refractivity contribution in [3.63, 3.8) is 0 Å². The molecule has 0 aliphatic carbocycles. The summed E-state index contributed by atoms with van der Waals surface area (Å²) in [7, 11) is -3.43. The van der Waals surface area contributed by atoms with E-state index in [-0.39, 0.29) is 24.9 Å². The molecular formula is C24H34N2O3S. The second-order valence-electron chi connectivity index (χ2n) is 8.16. The molecule has 5 nitrogen and oxygen atoms in total. The average Bonchev–Trinajstić information content (AvgIpc) is 2.63. The quantitative estimate of drug-likeness (QED) is 0.625. The zero-order valence-electron chi connectivity index (χ0n) is 19.0. The Kier molecular flexibility index (Phi) is 8.07. The van der Waals surface area contributed by atoms with Gasteiger partial charge in [-0.1, -0.05) is 31.2 Å². The number of hydrogen-bond acceptors (Lipinski definition) is 3. The summed E-state index contributed by atoms with van der Waals surface area (Å²) in [6.07, 6.45) is 2.73. The standard InChI is InChI=1S/C24H34N2O3S/c1-7-23(21-11-10-19(4)20(5)16-21)25-24(27)9-8-12-26(30(6,28)29)22-14-17(2)13-18(3)15-22/h10-11,13-16,23H,7-9,12H2,1-6H3,(H,25,27)/t23-/m1/s1. The summed E-state index contributed by atoms with van der Waals surface area (Å²) in [6, 6.07) is 11.9. The van der Waals surface area contributed by atoms with Gasteiger partial charge in [-0.05, 0) is 80.5 Å². The van der Waals surface area contributed by atoms with Crippen molar-refractivity contribution in [2.75, 3.05) is 17.1 Å². The van der Waals surface area contributed by atoms with E-state index in [1.807, 2.05) is 39.0 Å². The van der Waals surface area contributed by atoms with Gasteiger partial charge < -0.3 is 5.32 Å². The van der Waals surface area contributed by atoms with Crippen LogP contribution in [0.15, 0.2) is 36.4 Å². The lowest BCUT2D eigenvalue weighted by atomic mass is 9.99. The summed E-state index contributed by atoms with van der Waals surface area (Å²) in [4.78, 5) is 12.5. The molecule has 2 rings (SSSR count). The first kappa shape index (κ1) is 23.9. The minimum atomic E-state index is -3.43. The van der Waals surface area contributed by atoms with Crippen LogP contribution in [0.25, 0.3) is 0 Å². The molecule has 1 atom stereocenters. The molecule has 2 aromatic rings. The molecule has 0 saturated heterocycles. The number of benzene rings is 2. The number of nitrogens with zero attached hydrogens (tertiary/aromatic N) is 1. The smallest absolute Gasteiger partial charge is 0.232 e. The fourth-order valence-electron chi connectivity index (χ4n) is 3.63. The summed E-state index contributed by atoms with van der Waals surface area (Å²) in [5.74, 6) is -0.0612. The maximum absolute atomic E-state index is 12.5. The highest BCUT2D eigenvalue weighted by atomic mass is 32.2. The summed E-state index contributed by atoms with van der Waals surface area (Å²) in [5, 5.41) is 3.09. The van der Waals surface area contributed by atoms with Crippen molar-refractivity contribution in [3.05, 3.63) is 64.2 Å². The zero-order chi connectivity index (χ0) is 22.5. The molecule has 0 aromatic heterocycles. The van der Waals surface area contributed by atoms with E-state index in [1.165, 1.54) is 21.7 Å². The summed E-state index contributed by atoms with van der Waals surface area (Å²) >= 11 is 0. The first-order valence-corrected chi connectivity index (χ1v) is 12.3. The summed E-state index contributed by atoms with van der Waals surface area (Å²) < 4.78 is 26.0. The molecule has 164 valence electrons. The van der Waals surface area contributed by atoms with Gasteiger partial charge >= 0.3 is 0 Å². The van der Waals surface area contributed by atoms with Crippen LogP contribution in [0, 0.1) is 27.7 Å². The van der Waals surface area contributed by atoms with E-state index in [2.05, 4.69) is 37.4 Å². The van der Waals surface area contributed by atoms with Gasteiger partial charge in [0.2, 0.25) is 15.9 Å². The van der Waals surface area contributed by atoms with E-state index in [1.54, 1.807) is 0 Å². The maximum atomic E-state index is 12.5. The third-order valence-electron chi connectivity index (χ3n) is 5.34. The van der Waals surface area contributed by atoms with Crippen molar-refractivity contribution in [1.82, 2.24) is 5.32 Å². The Balaban J connectivity index is 2.02. The molecule has 2 aromatic carbocycles. The molecular weight excluding hydrogens is 396 g/mol. The number of nitrogens with one attached hydrogen (secondary N) is 1. The third-order valence-corrected chi connectivity index (χ3v) is 6.53. The van der Waals surface area contributed by atoms with Crippen LogP contribution in [0.4, 0.5) is 5.69 Å². The number of rotatable bonds is 9. The van der Waals surface area contributed by atoms with E-state index in [0.29, 0.717) is 12.1 Å². The number of carbonyl (C=O) groups is 1. The van der Waals surface area contributed by atoms with Gasteiger partial charge in [-0.25, -0.2) is 8.42 Å². The van der Waals surface area contributed by atoms with Gasteiger partial charge in [0.05, 0.1) is 18.0 Å². The Labute approximate surface area is 181 Å². The Morgan fingerprint density at radius 1 is 1.00 bits per heavy atom. The highest BCUT2D eigenvalue weighted by molar-refractivity contribution is 7.92. The minimum absolute atomic E-state index is 0.0396. The van der Waals surface area contributed by atoms with Crippen molar-refractivity contribution in [3.8, 4) is 0 Å². The number of hydrogen-bond donors (Lipinski definition) is 1. The molecule has 0 bridgehead atoms. The van der Waals surface area contributed by atoms with Gasteiger partial charge in [0, 0.05) is 13.0 Å². The summed E-state index contributed by atoms with van der Waals surface area (Å²) in [6.45, 7) is 10.4. The molecule has 0 unspecified atom stereocenters. The van der Waals surface area contributed by atoms with E-state index < -0.39 is 10.0 Å². The molecule has 6 heteroatoms. The van der Waals surface area contributed by atoms with Gasteiger partial charge in [0.1, 0.15) is 0 Å². The fourth-order valence-corrected chi connectivity index (χ4v) is 4.58. The lowest BCUT2D eigenvalue weighted by molar-refractivity contribution is -0.121. The lowest BCUT2D eigenvalue weighted by Crippen LogP contribution is -2.33. The van der Waals surface area contributed by atoms with E-state index in [9.17, 15) is 13.2 Å².